The van der Waals surface area contributed by atoms with Crippen LogP contribution in [0.2, 0.25) is 0 Å². The molecule has 1 N–H and O–H groups in total. The summed E-state index contributed by atoms with van der Waals surface area (Å²) in [6.45, 7) is 1.52. The number of piperidine rings is 1. The first-order valence-corrected chi connectivity index (χ1v) is 9.93. The molecule has 3 amide bonds. The molecule has 0 spiro atoms. The van der Waals surface area contributed by atoms with Crippen LogP contribution in [0, 0.1) is 5.92 Å². The van der Waals surface area contributed by atoms with Gasteiger partial charge in [-0.15, -0.1) is 0 Å². The molecule has 2 aliphatic rings. The number of urea groups is 1. The summed E-state index contributed by atoms with van der Waals surface area (Å²) in [5.74, 6) is 1.13. The van der Waals surface area contributed by atoms with E-state index in [1.807, 2.05) is 4.90 Å². The van der Waals surface area contributed by atoms with E-state index in [-0.39, 0.29) is 18.1 Å². The molecule has 2 fully saturated rings. The first-order chi connectivity index (χ1) is 13.0. The summed E-state index contributed by atoms with van der Waals surface area (Å²) in [7, 11) is 3.37. The van der Waals surface area contributed by atoms with Crippen LogP contribution in [0.25, 0.3) is 0 Å². The van der Waals surface area contributed by atoms with Gasteiger partial charge in [0.15, 0.2) is 0 Å². The van der Waals surface area contributed by atoms with E-state index in [0.717, 1.165) is 38.8 Å². The number of amides is 3. The molecule has 0 unspecified atom stereocenters. The van der Waals surface area contributed by atoms with E-state index in [9.17, 15) is 9.59 Å². The van der Waals surface area contributed by atoms with Crippen molar-refractivity contribution in [1.29, 1.82) is 0 Å². The van der Waals surface area contributed by atoms with Crippen LogP contribution in [-0.4, -0.2) is 60.0 Å². The lowest BCUT2D eigenvalue weighted by atomic mass is 9.88. The van der Waals surface area contributed by atoms with Crippen LogP contribution >= 0.6 is 0 Å². The van der Waals surface area contributed by atoms with Crippen LogP contribution in [-0.2, 0) is 4.79 Å². The molecular weight excluding hydrogens is 344 g/mol. The maximum absolute atomic E-state index is 12.6. The number of likely N-dealkylation sites (tertiary alicyclic amines) is 1. The van der Waals surface area contributed by atoms with Crippen LogP contribution in [0.15, 0.2) is 18.3 Å². The third-order valence-corrected chi connectivity index (χ3v) is 5.39. The Morgan fingerprint density at radius 3 is 2.41 bits per heavy atom. The lowest BCUT2D eigenvalue weighted by Gasteiger charge is -2.35. The predicted octanol–water partition coefficient (Wildman–Crippen LogP) is 3.13. The fraction of sp³-hybridized carbons (Fsp3) is 0.650. The lowest BCUT2D eigenvalue weighted by Crippen LogP contribution is -2.44. The first-order valence-electron chi connectivity index (χ1n) is 9.93. The van der Waals surface area contributed by atoms with Gasteiger partial charge in [0.05, 0.1) is 11.9 Å². The summed E-state index contributed by atoms with van der Waals surface area (Å²) in [6, 6.07) is 3.36. The zero-order chi connectivity index (χ0) is 19.2. The number of rotatable bonds is 4. The Morgan fingerprint density at radius 2 is 1.81 bits per heavy atom. The second-order valence-corrected chi connectivity index (χ2v) is 7.69. The van der Waals surface area contributed by atoms with Gasteiger partial charge in [0, 0.05) is 52.0 Å². The number of hydrogen-bond acceptors (Lipinski definition) is 4. The number of carbonyl (C=O) groups excluding carboxylic acids is 2. The second kappa shape index (κ2) is 9.06. The van der Waals surface area contributed by atoms with E-state index in [1.54, 1.807) is 32.4 Å². The molecule has 0 atom stereocenters. The normalized spacial score (nSPS) is 18.8. The van der Waals surface area contributed by atoms with E-state index < -0.39 is 0 Å². The Labute approximate surface area is 161 Å². The van der Waals surface area contributed by atoms with Crippen molar-refractivity contribution in [3.63, 3.8) is 0 Å². The van der Waals surface area contributed by atoms with Crippen LogP contribution < -0.4 is 10.1 Å². The minimum atomic E-state index is -0.194. The first kappa shape index (κ1) is 19.5. The van der Waals surface area contributed by atoms with Crippen LogP contribution in [0.4, 0.5) is 10.5 Å². The highest BCUT2D eigenvalue weighted by Crippen LogP contribution is 2.27. The summed E-state index contributed by atoms with van der Waals surface area (Å²) >= 11 is 0. The average Bonchev–Trinajstić information content (AvgIpc) is 2.70. The van der Waals surface area contributed by atoms with Gasteiger partial charge in [-0.25, -0.2) is 9.78 Å². The van der Waals surface area contributed by atoms with Gasteiger partial charge in [0.25, 0.3) is 0 Å². The van der Waals surface area contributed by atoms with Gasteiger partial charge in [0.2, 0.25) is 11.8 Å². The minimum Gasteiger partial charge on any atom is -0.474 e. The third-order valence-electron chi connectivity index (χ3n) is 5.39. The van der Waals surface area contributed by atoms with Crippen molar-refractivity contribution >= 4 is 17.6 Å². The summed E-state index contributed by atoms with van der Waals surface area (Å²) in [5, 5.41) is 2.75. The zero-order valence-corrected chi connectivity index (χ0v) is 16.3. The van der Waals surface area contributed by atoms with Crippen molar-refractivity contribution in [3.05, 3.63) is 18.3 Å². The largest absolute Gasteiger partial charge is 0.474 e. The fourth-order valence-corrected chi connectivity index (χ4v) is 3.73. The number of anilines is 1. The molecular formula is C20H30N4O3. The molecule has 3 rings (SSSR count). The van der Waals surface area contributed by atoms with Crippen molar-refractivity contribution in [3.8, 4) is 5.88 Å². The molecule has 0 bridgehead atoms. The van der Waals surface area contributed by atoms with Gasteiger partial charge < -0.3 is 19.9 Å². The topological polar surface area (TPSA) is 74.8 Å². The molecule has 1 aromatic rings. The quantitative estimate of drug-likeness (QED) is 0.879. The van der Waals surface area contributed by atoms with Gasteiger partial charge in [-0.1, -0.05) is 19.3 Å². The maximum Gasteiger partial charge on any atom is 0.321 e. The Bertz CT molecular complexity index is 633. The SMILES string of the molecule is CN(C)C(=O)Nc1ccc(OC2CCN(C(=O)C3CCCCC3)CC2)nc1. The number of nitrogens with zero attached hydrogens (tertiary/aromatic N) is 3. The molecule has 1 saturated carbocycles. The van der Waals surface area contributed by atoms with Crippen LogP contribution in [0.1, 0.15) is 44.9 Å². The number of carbonyl (C=O) groups is 2. The van der Waals surface area contributed by atoms with Crippen molar-refractivity contribution in [2.45, 2.75) is 51.0 Å². The lowest BCUT2D eigenvalue weighted by molar-refractivity contribution is -0.138. The molecule has 148 valence electrons. The van der Waals surface area contributed by atoms with Crippen LogP contribution in [0.5, 0.6) is 5.88 Å². The summed E-state index contributed by atoms with van der Waals surface area (Å²) < 4.78 is 5.96. The number of aromatic nitrogens is 1. The minimum absolute atomic E-state index is 0.0788. The van der Waals surface area contributed by atoms with E-state index in [0.29, 0.717) is 17.5 Å². The molecule has 7 nitrogen and oxygen atoms in total. The van der Waals surface area contributed by atoms with Crippen molar-refractivity contribution in [1.82, 2.24) is 14.8 Å². The molecule has 1 aliphatic carbocycles. The molecule has 2 heterocycles. The molecule has 1 aromatic heterocycles. The van der Waals surface area contributed by atoms with Crippen molar-refractivity contribution in [2.24, 2.45) is 5.92 Å². The number of ether oxygens (including phenoxy) is 1. The average molecular weight is 374 g/mol. The Balaban J connectivity index is 1.45. The predicted molar refractivity (Wildman–Crippen MR) is 104 cm³/mol. The van der Waals surface area contributed by atoms with E-state index in [2.05, 4.69) is 10.3 Å². The van der Waals surface area contributed by atoms with Gasteiger partial charge in [0.1, 0.15) is 6.10 Å². The molecule has 7 heteroatoms. The van der Waals surface area contributed by atoms with Gasteiger partial charge in [-0.05, 0) is 18.9 Å². The van der Waals surface area contributed by atoms with E-state index in [4.69, 9.17) is 4.74 Å². The van der Waals surface area contributed by atoms with E-state index >= 15 is 0 Å². The monoisotopic (exact) mass is 374 g/mol. The maximum atomic E-state index is 12.6. The van der Waals surface area contributed by atoms with Gasteiger partial charge >= 0.3 is 6.03 Å². The van der Waals surface area contributed by atoms with E-state index in [1.165, 1.54) is 24.2 Å². The standard InChI is InChI=1S/C20H30N4O3/c1-23(2)20(26)22-16-8-9-18(21-14-16)27-17-10-12-24(13-11-17)19(25)15-6-4-3-5-7-15/h8-9,14-15,17H,3-7,10-13H2,1-2H3,(H,22,26). The third kappa shape index (κ3) is 5.34. The Kier molecular flexibility index (Phi) is 6.53. The molecule has 0 radical (unpaired) electrons. The van der Waals surface area contributed by atoms with Crippen molar-refractivity contribution < 1.29 is 14.3 Å². The van der Waals surface area contributed by atoms with Gasteiger partial charge in [-0.3, -0.25) is 4.79 Å². The molecule has 1 aliphatic heterocycles. The molecule has 1 saturated heterocycles. The van der Waals surface area contributed by atoms with Crippen LogP contribution in [0.3, 0.4) is 0 Å². The highest BCUT2D eigenvalue weighted by molar-refractivity contribution is 5.88. The number of pyridine rings is 1. The smallest absolute Gasteiger partial charge is 0.321 e. The highest BCUT2D eigenvalue weighted by atomic mass is 16.5. The van der Waals surface area contributed by atoms with Gasteiger partial charge in [-0.2, -0.15) is 0 Å². The molecule has 27 heavy (non-hydrogen) atoms. The summed E-state index contributed by atoms with van der Waals surface area (Å²) in [4.78, 5) is 32.0. The molecule has 0 aromatic carbocycles. The van der Waals surface area contributed by atoms with Crippen molar-refractivity contribution in [2.75, 3.05) is 32.5 Å². The number of nitrogens with one attached hydrogen (secondary N) is 1. The number of hydrogen-bond donors (Lipinski definition) is 1. The highest BCUT2D eigenvalue weighted by Gasteiger charge is 2.29. The summed E-state index contributed by atoms with van der Waals surface area (Å²) in [5.41, 5.74) is 0.633. The Morgan fingerprint density at radius 1 is 1.11 bits per heavy atom. The Hall–Kier alpha value is -2.31. The zero-order valence-electron chi connectivity index (χ0n) is 16.3. The summed E-state index contributed by atoms with van der Waals surface area (Å²) in [6.07, 6.45) is 9.09. The second-order valence-electron chi connectivity index (χ2n) is 7.69. The fourth-order valence-electron chi connectivity index (χ4n) is 3.73.